The molecule has 1 saturated heterocycles. The number of rotatable bonds is 9. The molecule has 2 amide bonds. The van der Waals surface area contributed by atoms with E-state index in [2.05, 4.69) is 15.4 Å². The van der Waals surface area contributed by atoms with Crippen molar-refractivity contribution >= 4 is 23.2 Å². The summed E-state index contributed by atoms with van der Waals surface area (Å²) < 4.78 is 5.23. The van der Waals surface area contributed by atoms with Crippen LogP contribution in [0.3, 0.4) is 0 Å². The van der Waals surface area contributed by atoms with Gasteiger partial charge >= 0.3 is 0 Å². The lowest BCUT2D eigenvalue weighted by Crippen LogP contribution is -2.56. The van der Waals surface area contributed by atoms with E-state index >= 15 is 0 Å². The number of carbonyl (C=O) groups is 2. The molecule has 0 aliphatic carbocycles. The third-order valence-corrected chi connectivity index (χ3v) is 5.89. The van der Waals surface area contributed by atoms with Crippen LogP contribution in [-0.2, 0) is 4.79 Å². The minimum absolute atomic E-state index is 0.199. The van der Waals surface area contributed by atoms with Crippen molar-refractivity contribution in [3.8, 4) is 10.6 Å². The minimum Gasteiger partial charge on any atom is -0.368 e. The first-order valence-electron chi connectivity index (χ1n) is 9.55. The number of aromatic nitrogens is 1. The maximum Gasteiger partial charge on any atom is 0.273 e. The van der Waals surface area contributed by atoms with Crippen LogP contribution in [0.1, 0.15) is 29.8 Å². The molecule has 0 bridgehead atoms. The Labute approximate surface area is 168 Å². The highest BCUT2D eigenvalue weighted by Crippen LogP contribution is 2.25. The summed E-state index contributed by atoms with van der Waals surface area (Å²) in [5, 5.41) is 8.68. The third-order valence-electron chi connectivity index (χ3n) is 5.00. The maximum atomic E-state index is 12.2. The summed E-state index contributed by atoms with van der Waals surface area (Å²) in [4.78, 5) is 28.9. The lowest BCUT2D eigenvalue weighted by Gasteiger charge is -2.37. The number of hydrogen-bond acceptors (Lipinski definition) is 7. The van der Waals surface area contributed by atoms with Gasteiger partial charge in [0, 0.05) is 32.2 Å². The summed E-state index contributed by atoms with van der Waals surface area (Å²) in [6.45, 7) is 4.05. The second kappa shape index (κ2) is 9.81. The van der Waals surface area contributed by atoms with Gasteiger partial charge in [-0.3, -0.25) is 19.4 Å². The number of primary amides is 1. The predicted octanol–water partition coefficient (Wildman–Crippen LogP) is 1.40. The quantitative estimate of drug-likeness (QED) is 0.611. The summed E-state index contributed by atoms with van der Waals surface area (Å²) in [5.74, 6) is 0.140. The van der Waals surface area contributed by atoms with Gasteiger partial charge in [0.15, 0.2) is 11.5 Å². The molecule has 0 unspecified atom stereocenters. The number of nitrogens with two attached hydrogens (primary N) is 1. The molecular formula is C19H27N5O3S. The Hall–Kier alpha value is -2.23. The molecule has 1 aliphatic heterocycles. The van der Waals surface area contributed by atoms with Crippen LogP contribution in [0.2, 0.25) is 0 Å². The fourth-order valence-electron chi connectivity index (χ4n) is 3.29. The summed E-state index contributed by atoms with van der Waals surface area (Å²) >= 11 is 1.54. The van der Waals surface area contributed by atoms with Crippen molar-refractivity contribution < 1.29 is 14.1 Å². The number of thiophene rings is 1. The molecule has 1 fully saturated rings. The van der Waals surface area contributed by atoms with Crippen LogP contribution in [0.4, 0.5) is 0 Å². The van der Waals surface area contributed by atoms with Gasteiger partial charge in [-0.2, -0.15) is 0 Å². The van der Waals surface area contributed by atoms with E-state index in [0.29, 0.717) is 24.5 Å². The van der Waals surface area contributed by atoms with Crippen molar-refractivity contribution in [1.29, 1.82) is 0 Å². The highest BCUT2D eigenvalue weighted by atomic mass is 32.1. The number of likely N-dealkylation sites (N-methyl/N-ethyl adjacent to an activating group) is 1. The molecule has 0 saturated carbocycles. The Morgan fingerprint density at radius 2 is 2.21 bits per heavy atom. The molecule has 0 radical (unpaired) electrons. The van der Waals surface area contributed by atoms with Crippen molar-refractivity contribution in [2.75, 3.05) is 39.8 Å². The zero-order chi connectivity index (χ0) is 19.9. The van der Waals surface area contributed by atoms with Crippen molar-refractivity contribution in [2.24, 2.45) is 5.73 Å². The van der Waals surface area contributed by atoms with Gasteiger partial charge in [-0.25, -0.2) is 0 Å². The Bertz CT molecular complexity index is 776. The lowest BCUT2D eigenvalue weighted by molar-refractivity contribution is -0.124. The molecule has 8 nitrogen and oxygen atoms in total. The first kappa shape index (κ1) is 20.5. The van der Waals surface area contributed by atoms with Gasteiger partial charge in [0.1, 0.15) is 6.04 Å². The molecule has 1 atom stereocenters. The molecule has 152 valence electrons. The van der Waals surface area contributed by atoms with Crippen LogP contribution in [0.5, 0.6) is 0 Å². The molecule has 3 heterocycles. The normalized spacial score (nSPS) is 18.2. The molecular weight excluding hydrogens is 378 g/mol. The Morgan fingerprint density at radius 1 is 1.36 bits per heavy atom. The van der Waals surface area contributed by atoms with Crippen molar-refractivity contribution in [1.82, 2.24) is 20.3 Å². The van der Waals surface area contributed by atoms with Crippen LogP contribution in [-0.4, -0.2) is 72.6 Å². The van der Waals surface area contributed by atoms with E-state index in [4.69, 9.17) is 10.3 Å². The van der Waals surface area contributed by atoms with Crippen LogP contribution in [0, 0.1) is 0 Å². The van der Waals surface area contributed by atoms with Gasteiger partial charge in [-0.05, 0) is 37.9 Å². The maximum absolute atomic E-state index is 12.2. The molecule has 3 rings (SSSR count). The topological polar surface area (TPSA) is 105 Å². The average molecular weight is 406 g/mol. The standard InChI is InChI=1S/C19H27N5O3S/c1-23-9-10-24(13-15(23)18(20)25)8-4-2-3-7-21-19(26)14-12-16(27-22-14)17-6-5-11-28-17/h5-6,11-12,15H,2-4,7-10,13H2,1H3,(H2,20,25)(H,21,26)/t15-/m0/s1. The molecule has 0 aromatic carbocycles. The van der Waals surface area contributed by atoms with Gasteiger partial charge in [0.25, 0.3) is 5.91 Å². The van der Waals surface area contributed by atoms with E-state index in [9.17, 15) is 9.59 Å². The number of hydrogen-bond donors (Lipinski definition) is 2. The largest absolute Gasteiger partial charge is 0.368 e. The van der Waals surface area contributed by atoms with Crippen molar-refractivity contribution in [3.05, 3.63) is 29.3 Å². The number of nitrogens with zero attached hydrogens (tertiary/aromatic N) is 3. The molecule has 2 aromatic rings. The van der Waals surface area contributed by atoms with E-state index in [1.165, 1.54) is 0 Å². The van der Waals surface area contributed by atoms with E-state index < -0.39 is 0 Å². The minimum atomic E-state index is -0.259. The second-order valence-corrected chi connectivity index (χ2v) is 8.02. The molecule has 0 spiro atoms. The van der Waals surface area contributed by atoms with Gasteiger partial charge in [0.2, 0.25) is 5.91 Å². The Kier molecular flexibility index (Phi) is 7.18. The first-order chi connectivity index (χ1) is 13.5. The zero-order valence-electron chi connectivity index (χ0n) is 16.1. The van der Waals surface area contributed by atoms with E-state index in [1.807, 2.05) is 29.5 Å². The van der Waals surface area contributed by atoms with E-state index in [1.54, 1.807) is 17.4 Å². The van der Waals surface area contributed by atoms with Crippen LogP contribution < -0.4 is 11.1 Å². The predicted molar refractivity (Wildman–Crippen MR) is 108 cm³/mol. The van der Waals surface area contributed by atoms with E-state index in [0.717, 1.165) is 43.8 Å². The molecule has 1 aliphatic rings. The molecule has 3 N–H and O–H groups in total. The summed E-state index contributed by atoms with van der Waals surface area (Å²) in [6.07, 6.45) is 2.93. The number of nitrogens with one attached hydrogen (secondary N) is 1. The monoisotopic (exact) mass is 405 g/mol. The second-order valence-electron chi connectivity index (χ2n) is 7.07. The summed E-state index contributed by atoms with van der Waals surface area (Å²) in [6, 6.07) is 5.33. The fraction of sp³-hybridized carbons (Fsp3) is 0.526. The summed E-state index contributed by atoms with van der Waals surface area (Å²) in [5.41, 5.74) is 5.76. The van der Waals surface area contributed by atoms with Crippen molar-refractivity contribution in [2.45, 2.75) is 25.3 Å². The van der Waals surface area contributed by atoms with Gasteiger partial charge in [0.05, 0.1) is 4.88 Å². The first-order valence-corrected chi connectivity index (χ1v) is 10.4. The zero-order valence-corrected chi connectivity index (χ0v) is 16.9. The number of amides is 2. The van der Waals surface area contributed by atoms with E-state index in [-0.39, 0.29) is 17.9 Å². The molecule has 2 aromatic heterocycles. The summed E-state index contributed by atoms with van der Waals surface area (Å²) in [7, 11) is 1.94. The number of carbonyl (C=O) groups excluding carboxylic acids is 2. The molecule has 28 heavy (non-hydrogen) atoms. The lowest BCUT2D eigenvalue weighted by atomic mass is 10.1. The van der Waals surface area contributed by atoms with Gasteiger partial charge < -0.3 is 15.6 Å². The highest BCUT2D eigenvalue weighted by molar-refractivity contribution is 7.13. The van der Waals surface area contributed by atoms with Crippen LogP contribution in [0.25, 0.3) is 10.6 Å². The number of unbranched alkanes of at least 4 members (excludes halogenated alkanes) is 2. The van der Waals surface area contributed by atoms with Crippen molar-refractivity contribution in [3.63, 3.8) is 0 Å². The third kappa shape index (κ3) is 5.40. The average Bonchev–Trinajstić information content (AvgIpc) is 3.36. The number of piperazine rings is 1. The Balaban J connectivity index is 1.31. The SMILES string of the molecule is CN1CCN(CCCCCNC(=O)c2cc(-c3cccs3)on2)C[C@H]1C(N)=O. The van der Waals surface area contributed by atoms with Gasteiger partial charge in [-0.1, -0.05) is 17.6 Å². The fourth-order valence-corrected chi connectivity index (χ4v) is 3.96. The Morgan fingerprint density at radius 3 is 2.96 bits per heavy atom. The highest BCUT2D eigenvalue weighted by Gasteiger charge is 2.27. The van der Waals surface area contributed by atoms with Crippen LogP contribution >= 0.6 is 11.3 Å². The van der Waals surface area contributed by atoms with Crippen LogP contribution in [0.15, 0.2) is 28.1 Å². The molecule has 9 heteroatoms. The van der Waals surface area contributed by atoms with Gasteiger partial charge in [-0.15, -0.1) is 11.3 Å². The smallest absolute Gasteiger partial charge is 0.273 e.